The molecule has 0 atom stereocenters. The van der Waals surface area contributed by atoms with Crippen molar-refractivity contribution in [2.24, 2.45) is 0 Å². The standard InChI is InChI=1S/C33H35F3N4O3/c1-38(26-10-15-39(16-11-26)22-23-3-2-14-37-21-23)32(41)31-20-24-19-29(8-9-30(24)43-31)42-28-12-17-40(18-13-28)27-6-4-25(5-7-27)33(34,35)36/h2-9,14,19-21,26,28H,10-13,15-18,22H2,1H3. The van der Waals surface area contributed by atoms with Gasteiger partial charge in [0.1, 0.15) is 17.4 Å². The predicted octanol–water partition coefficient (Wildman–Crippen LogP) is 6.63. The Labute approximate surface area is 248 Å². The molecule has 10 heteroatoms. The average Bonchev–Trinajstić information content (AvgIpc) is 3.45. The topological polar surface area (TPSA) is 62.1 Å². The number of furan rings is 1. The van der Waals surface area contributed by atoms with Crippen LogP contribution in [-0.2, 0) is 12.7 Å². The number of pyridine rings is 1. The minimum Gasteiger partial charge on any atom is -0.490 e. The van der Waals surface area contributed by atoms with Gasteiger partial charge in [0.15, 0.2) is 5.76 Å². The minimum atomic E-state index is -4.33. The number of rotatable bonds is 7. The first kappa shape index (κ1) is 29.0. The number of fused-ring (bicyclic) bond motifs is 1. The molecule has 226 valence electrons. The van der Waals surface area contributed by atoms with E-state index in [1.165, 1.54) is 17.7 Å². The van der Waals surface area contributed by atoms with Crippen LogP contribution in [-0.4, -0.2) is 66.1 Å². The van der Waals surface area contributed by atoms with Crippen molar-refractivity contribution in [2.45, 2.75) is 50.6 Å². The Bertz CT molecular complexity index is 1520. The molecule has 0 N–H and O–H groups in total. The summed E-state index contributed by atoms with van der Waals surface area (Å²) in [6.07, 6.45) is 2.64. The summed E-state index contributed by atoms with van der Waals surface area (Å²) in [7, 11) is 1.85. The number of ether oxygens (including phenoxy) is 1. The molecule has 0 unspecified atom stereocenters. The Morgan fingerprint density at radius 2 is 1.74 bits per heavy atom. The van der Waals surface area contributed by atoms with E-state index in [9.17, 15) is 18.0 Å². The lowest BCUT2D eigenvalue weighted by Crippen LogP contribution is -2.45. The van der Waals surface area contributed by atoms with Crippen molar-refractivity contribution in [1.29, 1.82) is 0 Å². The van der Waals surface area contributed by atoms with Gasteiger partial charge in [0.25, 0.3) is 5.91 Å². The lowest BCUT2D eigenvalue weighted by molar-refractivity contribution is -0.137. The maximum absolute atomic E-state index is 13.3. The summed E-state index contributed by atoms with van der Waals surface area (Å²) in [5.74, 6) is 0.895. The van der Waals surface area contributed by atoms with Crippen LogP contribution in [0, 0.1) is 0 Å². The number of piperidine rings is 2. The molecule has 2 aliphatic rings. The number of hydrogen-bond acceptors (Lipinski definition) is 6. The van der Waals surface area contributed by atoms with Crippen LogP contribution < -0.4 is 9.64 Å². The molecule has 2 aromatic heterocycles. The van der Waals surface area contributed by atoms with Crippen molar-refractivity contribution < 1.29 is 27.1 Å². The molecule has 2 aromatic carbocycles. The second kappa shape index (κ2) is 12.3. The fraction of sp³-hybridized carbons (Fsp3) is 0.394. The van der Waals surface area contributed by atoms with Crippen LogP contribution in [0.5, 0.6) is 5.75 Å². The smallest absolute Gasteiger partial charge is 0.416 e. The van der Waals surface area contributed by atoms with Crippen molar-refractivity contribution in [2.75, 3.05) is 38.1 Å². The Hall–Kier alpha value is -4.05. The summed E-state index contributed by atoms with van der Waals surface area (Å²) in [6.45, 7) is 4.09. The molecule has 2 fully saturated rings. The molecule has 4 heterocycles. The summed E-state index contributed by atoms with van der Waals surface area (Å²) >= 11 is 0. The first-order chi connectivity index (χ1) is 20.7. The van der Waals surface area contributed by atoms with Crippen molar-refractivity contribution >= 4 is 22.6 Å². The summed E-state index contributed by atoms with van der Waals surface area (Å²) in [6, 6.07) is 16.9. The number of likely N-dealkylation sites (tertiary alicyclic amines) is 1. The van der Waals surface area contributed by atoms with Crippen molar-refractivity contribution in [3.8, 4) is 5.75 Å². The molecule has 0 radical (unpaired) electrons. The number of amides is 1. The normalized spacial score (nSPS) is 17.3. The number of anilines is 1. The molecule has 4 aromatic rings. The second-order valence-corrected chi connectivity index (χ2v) is 11.4. The Kier molecular flexibility index (Phi) is 8.30. The van der Waals surface area contributed by atoms with Gasteiger partial charge in [-0.1, -0.05) is 6.07 Å². The van der Waals surface area contributed by atoms with Gasteiger partial charge < -0.3 is 19.0 Å². The van der Waals surface area contributed by atoms with E-state index in [2.05, 4.69) is 20.9 Å². The van der Waals surface area contributed by atoms with Gasteiger partial charge in [-0.3, -0.25) is 14.7 Å². The summed E-state index contributed by atoms with van der Waals surface area (Å²) in [4.78, 5) is 23.8. The first-order valence-corrected chi connectivity index (χ1v) is 14.7. The molecule has 0 spiro atoms. The monoisotopic (exact) mass is 592 g/mol. The summed E-state index contributed by atoms with van der Waals surface area (Å²) < 4.78 is 50.8. The Balaban J connectivity index is 1.01. The molecule has 43 heavy (non-hydrogen) atoms. The number of nitrogens with zero attached hydrogens (tertiary/aromatic N) is 4. The van der Waals surface area contributed by atoms with Crippen molar-refractivity contribution in [3.63, 3.8) is 0 Å². The molecule has 0 bridgehead atoms. The summed E-state index contributed by atoms with van der Waals surface area (Å²) in [5.41, 5.74) is 1.97. The highest BCUT2D eigenvalue weighted by atomic mass is 19.4. The number of carbonyl (C=O) groups excluding carboxylic acids is 1. The molecular weight excluding hydrogens is 557 g/mol. The fourth-order valence-electron chi connectivity index (χ4n) is 6.04. The number of carbonyl (C=O) groups is 1. The van der Waals surface area contributed by atoms with E-state index in [-0.39, 0.29) is 18.1 Å². The maximum Gasteiger partial charge on any atom is 0.416 e. The van der Waals surface area contributed by atoms with Gasteiger partial charge in [0.05, 0.1) is 5.56 Å². The lowest BCUT2D eigenvalue weighted by atomic mass is 10.0. The molecule has 7 nitrogen and oxygen atoms in total. The van der Waals surface area contributed by atoms with E-state index in [4.69, 9.17) is 9.15 Å². The van der Waals surface area contributed by atoms with Gasteiger partial charge in [0.2, 0.25) is 0 Å². The first-order valence-electron chi connectivity index (χ1n) is 14.7. The number of alkyl halides is 3. The van der Waals surface area contributed by atoms with Gasteiger partial charge in [-0.2, -0.15) is 13.2 Å². The van der Waals surface area contributed by atoms with E-state index in [1.807, 2.05) is 37.5 Å². The molecule has 0 aliphatic carbocycles. The van der Waals surface area contributed by atoms with E-state index in [0.29, 0.717) is 30.2 Å². The number of aromatic nitrogens is 1. The Morgan fingerprint density at radius 3 is 2.42 bits per heavy atom. The highest BCUT2D eigenvalue weighted by Gasteiger charge is 2.31. The predicted molar refractivity (Wildman–Crippen MR) is 158 cm³/mol. The third-order valence-electron chi connectivity index (χ3n) is 8.56. The van der Waals surface area contributed by atoms with Crippen LogP contribution in [0.2, 0.25) is 0 Å². The fourth-order valence-corrected chi connectivity index (χ4v) is 6.04. The molecule has 2 aliphatic heterocycles. The highest BCUT2D eigenvalue weighted by Crippen LogP contribution is 2.32. The molecule has 2 saturated heterocycles. The van der Waals surface area contributed by atoms with Gasteiger partial charge >= 0.3 is 6.18 Å². The zero-order chi connectivity index (χ0) is 30.0. The zero-order valence-electron chi connectivity index (χ0n) is 24.1. The quantitative estimate of drug-likeness (QED) is 0.240. The number of hydrogen-bond donors (Lipinski definition) is 0. The van der Waals surface area contributed by atoms with E-state index in [0.717, 1.165) is 68.5 Å². The third-order valence-corrected chi connectivity index (χ3v) is 8.56. The van der Waals surface area contributed by atoms with Crippen LogP contribution in [0.25, 0.3) is 11.0 Å². The van der Waals surface area contributed by atoms with Gasteiger partial charge in [-0.25, -0.2) is 0 Å². The summed E-state index contributed by atoms with van der Waals surface area (Å²) in [5, 5.41) is 0.808. The second-order valence-electron chi connectivity index (χ2n) is 11.4. The average molecular weight is 593 g/mol. The van der Waals surface area contributed by atoms with Crippen LogP contribution in [0.15, 0.2) is 77.5 Å². The van der Waals surface area contributed by atoms with Crippen LogP contribution in [0.4, 0.5) is 18.9 Å². The van der Waals surface area contributed by atoms with Crippen LogP contribution in [0.3, 0.4) is 0 Å². The van der Waals surface area contributed by atoms with E-state index in [1.54, 1.807) is 17.2 Å². The lowest BCUT2D eigenvalue weighted by Gasteiger charge is -2.36. The van der Waals surface area contributed by atoms with Gasteiger partial charge in [-0.05, 0) is 73.0 Å². The third kappa shape index (κ3) is 6.80. The largest absolute Gasteiger partial charge is 0.490 e. The molecule has 6 rings (SSSR count). The number of benzene rings is 2. The van der Waals surface area contributed by atoms with Crippen molar-refractivity contribution in [1.82, 2.24) is 14.8 Å². The molecule has 1 amide bonds. The minimum absolute atomic E-state index is 0.00805. The molecular formula is C33H35F3N4O3. The SMILES string of the molecule is CN(C(=O)c1cc2cc(OC3CCN(c4ccc(C(F)(F)F)cc4)CC3)ccc2o1)C1CCN(Cc2cccnc2)CC1. The van der Waals surface area contributed by atoms with Gasteiger partial charge in [-0.15, -0.1) is 0 Å². The van der Waals surface area contributed by atoms with Crippen LogP contribution >= 0.6 is 0 Å². The maximum atomic E-state index is 13.3. The van der Waals surface area contributed by atoms with E-state index < -0.39 is 11.7 Å². The Morgan fingerprint density at radius 1 is 1.00 bits per heavy atom. The van der Waals surface area contributed by atoms with E-state index >= 15 is 0 Å². The van der Waals surface area contributed by atoms with Crippen LogP contribution in [0.1, 0.15) is 47.4 Å². The van der Waals surface area contributed by atoms with Gasteiger partial charge in [0, 0.05) is 82.1 Å². The molecule has 0 saturated carbocycles. The highest BCUT2D eigenvalue weighted by molar-refractivity contribution is 5.96. The zero-order valence-corrected chi connectivity index (χ0v) is 24.1. The van der Waals surface area contributed by atoms with Crippen molar-refractivity contribution in [3.05, 3.63) is 89.9 Å². The number of halogens is 3.